The molecule has 0 bridgehead atoms. The molecule has 0 amide bonds. The van der Waals surface area contributed by atoms with Gasteiger partial charge >= 0.3 is 0 Å². The Bertz CT molecular complexity index is 1020. The van der Waals surface area contributed by atoms with E-state index in [4.69, 9.17) is 9.72 Å². The summed E-state index contributed by atoms with van der Waals surface area (Å²) in [7, 11) is 1.88. The van der Waals surface area contributed by atoms with Gasteiger partial charge in [-0.25, -0.2) is 19.6 Å². The fourth-order valence-electron chi connectivity index (χ4n) is 3.93. The van der Waals surface area contributed by atoms with Crippen LogP contribution in [0.25, 0.3) is 11.4 Å². The average Bonchev–Trinajstić information content (AvgIpc) is 3.41. The molecule has 0 aromatic carbocycles. The van der Waals surface area contributed by atoms with Gasteiger partial charge in [0.1, 0.15) is 11.4 Å². The van der Waals surface area contributed by atoms with Crippen LogP contribution in [0.1, 0.15) is 62.5 Å². The molecule has 0 unspecified atom stereocenters. The van der Waals surface area contributed by atoms with Crippen molar-refractivity contribution in [3.63, 3.8) is 0 Å². The summed E-state index contributed by atoms with van der Waals surface area (Å²) in [5.41, 5.74) is 4.33. The monoisotopic (exact) mass is 421 g/mol. The lowest BCUT2D eigenvalue weighted by atomic mass is 10.1. The van der Waals surface area contributed by atoms with Gasteiger partial charge in [-0.15, -0.1) is 5.10 Å². The number of aryl methyl sites for hydroxylation is 2. The Labute approximate surface area is 183 Å². The van der Waals surface area contributed by atoms with Crippen LogP contribution in [0, 0.1) is 12.8 Å². The Balaban J connectivity index is 1.47. The minimum Gasteiger partial charge on any atom is -0.491 e. The Morgan fingerprint density at radius 3 is 2.71 bits per heavy atom. The second kappa shape index (κ2) is 9.41. The molecule has 1 aliphatic carbocycles. The number of hydrogen-bond donors (Lipinski definition) is 1. The molecule has 1 N–H and O–H groups in total. The second-order valence-corrected chi connectivity index (χ2v) is 8.56. The number of ether oxygens (including phenoxy) is 1. The molecule has 4 rings (SSSR count). The number of rotatable bonds is 8. The third kappa shape index (κ3) is 5.00. The van der Waals surface area contributed by atoms with Crippen molar-refractivity contribution in [1.82, 2.24) is 29.9 Å². The molecular formula is C23H31N7O. The van der Waals surface area contributed by atoms with Gasteiger partial charge in [-0.2, -0.15) is 0 Å². The molecule has 8 nitrogen and oxygen atoms in total. The van der Waals surface area contributed by atoms with Gasteiger partial charge in [0.25, 0.3) is 0 Å². The Morgan fingerprint density at radius 2 is 1.97 bits per heavy atom. The van der Waals surface area contributed by atoms with Crippen LogP contribution < -0.4 is 10.1 Å². The molecule has 8 heteroatoms. The predicted octanol–water partition coefficient (Wildman–Crippen LogP) is 4.28. The van der Waals surface area contributed by atoms with E-state index in [1.165, 1.54) is 25.7 Å². The van der Waals surface area contributed by atoms with E-state index in [-0.39, 0.29) is 0 Å². The lowest BCUT2D eigenvalue weighted by Crippen LogP contribution is -2.10. The number of hydrogen-bond acceptors (Lipinski definition) is 7. The minimum absolute atomic E-state index is 0.346. The minimum atomic E-state index is 0.346. The Kier molecular flexibility index (Phi) is 6.44. The van der Waals surface area contributed by atoms with Gasteiger partial charge in [-0.1, -0.05) is 31.9 Å². The number of nitrogens with one attached hydrogen (secondary N) is 1. The van der Waals surface area contributed by atoms with Crippen LogP contribution in [0.15, 0.2) is 24.4 Å². The standard InChI is InChI=1S/C23H31N7O/c1-15(2)18-11-12-24-23(27-18)25-13-20-22(28-29-30(20)4)19-9-10-21(16(3)26-19)31-14-17-7-5-6-8-17/h9-12,15,17H,5-8,13-14H2,1-4H3,(H,24,25,27). The maximum Gasteiger partial charge on any atom is 0.223 e. The predicted molar refractivity (Wildman–Crippen MR) is 120 cm³/mol. The molecule has 0 saturated heterocycles. The third-order valence-corrected chi connectivity index (χ3v) is 5.85. The van der Waals surface area contributed by atoms with Crippen molar-refractivity contribution in [2.75, 3.05) is 11.9 Å². The molecule has 0 spiro atoms. The average molecular weight is 422 g/mol. The van der Waals surface area contributed by atoms with Crippen LogP contribution in [0.5, 0.6) is 5.75 Å². The molecule has 1 aliphatic rings. The number of aromatic nitrogens is 6. The van der Waals surface area contributed by atoms with Gasteiger partial charge in [-0.3, -0.25) is 0 Å². The normalized spacial score (nSPS) is 14.4. The molecule has 3 aromatic heterocycles. The Hall–Kier alpha value is -3.03. The van der Waals surface area contributed by atoms with E-state index in [0.717, 1.165) is 40.8 Å². The zero-order chi connectivity index (χ0) is 21.8. The summed E-state index contributed by atoms with van der Waals surface area (Å²) in [6, 6.07) is 5.89. The number of pyridine rings is 1. The molecule has 3 aromatic rings. The highest BCUT2D eigenvalue weighted by Gasteiger charge is 2.18. The molecule has 1 fully saturated rings. The summed E-state index contributed by atoms with van der Waals surface area (Å²) in [6.45, 7) is 7.49. The van der Waals surface area contributed by atoms with Crippen molar-refractivity contribution in [1.29, 1.82) is 0 Å². The van der Waals surface area contributed by atoms with E-state index >= 15 is 0 Å². The smallest absolute Gasteiger partial charge is 0.223 e. The molecule has 0 aliphatic heterocycles. The van der Waals surface area contributed by atoms with E-state index < -0.39 is 0 Å². The fraction of sp³-hybridized carbons (Fsp3) is 0.522. The second-order valence-electron chi connectivity index (χ2n) is 8.56. The van der Waals surface area contributed by atoms with Gasteiger partial charge in [0.15, 0.2) is 0 Å². The fourth-order valence-corrected chi connectivity index (χ4v) is 3.93. The lowest BCUT2D eigenvalue weighted by Gasteiger charge is -2.13. The van der Waals surface area contributed by atoms with Gasteiger partial charge in [0, 0.05) is 18.9 Å². The van der Waals surface area contributed by atoms with Gasteiger partial charge in [-0.05, 0) is 49.8 Å². The van der Waals surface area contributed by atoms with Crippen molar-refractivity contribution >= 4 is 5.95 Å². The van der Waals surface area contributed by atoms with Crippen LogP contribution in [0.3, 0.4) is 0 Å². The van der Waals surface area contributed by atoms with Crippen molar-refractivity contribution in [2.24, 2.45) is 13.0 Å². The van der Waals surface area contributed by atoms with Crippen molar-refractivity contribution < 1.29 is 4.74 Å². The summed E-state index contributed by atoms with van der Waals surface area (Å²) in [5, 5.41) is 11.9. The molecule has 0 radical (unpaired) electrons. The number of nitrogens with zero attached hydrogens (tertiary/aromatic N) is 6. The Morgan fingerprint density at radius 1 is 1.16 bits per heavy atom. The zero-order valence-electron chi connectivity index (χ0n) is 18.8. The largest absolute Gasteiger partial charge is 0.491 e. The van der Waals surface area contributed by atoms with Crippen molar-refractivity contribution in [2.45, 2.75) is 58.9 Å². The van der Waals surface area contributed by atoms with Crippen LogP contribution in [0.4, 0.5) is 5.95 Å². The maximum absolute atomic E-state index is 6.05. The first-order valence-corrected chi connectivity index (χ1v) is 11.1. The zero-order valence-corrected chi connectivity index (χ0v) is 18.8. The summed E-state index contributed by atoms with van der Waals surface area (Å²) in [4.78, 5) is 13.7. The highest BCUT2D eigenvalue weighted by atomic mass is 16.5. The van der Waals surface area contributed by atoms with Crippen LogP contribution >= 0.6 is 0 Å². The van der Waals surface area contributed by atoms with Gasteiger partial charge in [0.05, 0.1) is 30.2 Å². The molecule has 31 heavy (non-hydrogen) atoms. The first-order chi connectivity index (χ1) is 15.0. The first-order valence-electron chi connectivity index (χ1n) is 11.1. The highest BCUT2D eigenvalue weighted by molar-refractivity contribution is 5.58. The summed E-state index contributed by atoms with van der Waals surface area (Å²) in [6.07, 6.45) is 6.96. The molecule has 164 valence electrons. The van der Waals surface area contributed by atoms with Gasteiger partial charge < -0.3 is 10.1 Å². The summed E-state index contributed by atoms with van der Waals surface area (Å²) < 4.78 is 7.81. The van der Waals surface area contributed by atoms with Gasteiger partial charge in [0.2, 0.25) is 5.95 Å². The maximum atomic E-state index is 6.05. The molecule has 3 heterocycles. The SMILES string of the molecule is Cc1nc(-c2nnn(C)c2CNc2nccc(C(C)C)n2)ccc1OCC1CCCC1. The summed E-state index contributed by atoms with van der Waals surface area (Å²) in [5.74, 6) is 2.46. The van der Waals surface area contributed by atoms with E-state index in [2.05, 4.69) is 39.4 Å². The summed E-state index contributed by atoms with van der Waals surface area (Å²) >= 11 is 0. The molecule has 1 saturated carbocycles. The van der Waals surface area contributed by atoms with E-state index in [9.17, 15) is 0 Å². The van der Waals surface area contributed by atoms with E-state index in [1.807, 2.05) is 32.2 Å². The highest BCUT2D eigenvalue weighted by Crippen LogP contribution is 2.28. The lowest BCUT2D eigenvalue weighted by molar-refractivity contribution is 0.250. The van der Waals surface area contributed by atoms with Crippen LogP contribution in [-0.4, -0.2) is 36.6 Å². The quantitative estimate of drug-likeness (QED) is 0.580. The topological polar surface area (TPSA) is 90.6 Å². The molecule has 0 atom stereocenters. The molecular weight excluding hydrogens is 390 g/mol. The first kappa shape index (κ1) is 21.2. The van der Waals surface area contributed by atoms with Crippen LogP contribution in [0.2, 0.25) is 0 Å². The van der Waals surface area contributed by atoms with E-state index in [0.29, 0.717) is 24.3 Å². The van der Waals surface area contributed by atoms with E-state index in [1.54, 1.807) is 10.9 Å². The number of anilines is 1. The van der Waals surface area contributed by atoms with Crippen molar-refractivity contribution in [3.8, 4) is 17.1 Å². The van der Waals surface area contributed by atoms with Crippen LogP contribution in [-0.2, 0) is 13.6 Å². The third-order valence-electron chi connectivity index (χ3n) is 5.85. The van der Waals surface area contributed by atoms with Crippen molar-refractivity contribution in [3.05, 3.63) is 41.5 Å².